The Morgan fingerprint density at radius 3 is 2.33 bits per heavy atom. The number of methoxy groups -OCH3 is 3. The summed E-state index contributed by atoms with van der Waals surface area (Å²) in [4.78, 5) is 17.7. The molecular weight excluding hydrogens is 530 g/mol. The number of hydrogen-bond donors (Lipinski definition) is 1. The third-order valence-corrected chi connectivity index (χ3v) is 7.46. The van der Waals surface area contributed by atoms with E-state index in [0.717, 1.165) is 28.3 Å². The molecule has 0 spiro atoms. The lowest BCUT2D eigenvalue weighted by molar-refractivity contribution is -0.384. The highest BCUT2D eigenvalue weighted by molar-refractivity contribution is 7.80. The van der Waals surface area contributed by atoms with Crippen LogP contribution in [0, 0.1) is 24.0 Å². The number of anilines is 1. The van der Waals surface area contributed by atoms with Crippen molar-refractivity contribution in [1.82, 2.24) is 14.9 Å². The van der Waals surface area contributed by atoms with Crippen LogP contribution in [-0.4, -0.2) is 40.9 Å². The van der Waals surface area contributed by atoms with Gasteiger partial charge in [0, 0.05) is 29.7 Å². The SMILES string of the molecule is COc1ccc(N2C(=S)N[C@H](c3ccccn3)[C@H]2c2cc(C)n(-c3ccc([N+](=O)[O-])cc3OC)c2C)c(OC)c1. The molecule has 0 radical (unpaired) electrons. The molecule has 0 saturated carbocycles. The zero-order chi connectivity index (χ0) is 28.6. The van der Waals surface area contributed by atoms with Crippen LogP contribution in [0.1, 0.15) is 34.7 Å². The summed E-state index contributed by atoms with van der Waals surface area (Å²) in [6.45, 7) is 4.01. The van der Waals surface area contributed by atoms with E-state index >= 15 is 0 Å². The van der Waals surface area contributed by atoms with E-state index in [9.17, 15) is 10.1 Å². The van der Waals surface area contributed by atoms with Gasteiger partial charge in [-0.05, 0) is 68.0 Å². The zero-order valence-corrected chi connectivity index (χ0v) is 23.6. The van der Waals surface area contributed by atoms with Gasteiger partial charge in [-0.25, -0.2) is 0 Å². The Labute approximate surface area is 237 Å². The molecule has 2 aromatic heterocycles. The lowest BCUT2D eigenvalue weighted by Gasteiger charge is -2.29. The fraction of sp³-hybridized carbons (Fsp3) is 0.241. The molecule has 3 heterocycles. The van der Waals surface area contributed by atoms with Crippen LogP contribution >= 0.6 is 12.2 Å². The molecule has 1 fully saturated rings. The number of non-ortho nitro benzene ring substituents is 1. The summed E-state index contributed by atoms with van der Waals surface area (Å²) in [5.41, 5.74) is 5.13. The first-order valence-electron chi connectivity index (χ1n) is 12.5. The van der Waals surface area contributed by atoms with Crippen molar-refractivity contribution in [1.29, 1.82) is 0 Å². The normalized spacial score (nSPS) is 16.5. The lowest BCUT2D eigenvalue weighted by Crippen LogP contribution is -2.30. The molecule has 0 amide bonds. The van der Waals surface area contributed by atoms with Gasteiger partial charge in [0.05, 0.1) is 61.5 Å². The predicted octanol–water partition coefficient (Wildman–Crippen LogP) is 5.60. The van der Waals surface area contributed by atoms with Crippen molar-refractivity contribution in [3.63, 3.8) is 0 Å². The number of thiocarbonyl (C=S) groups is 1. The van der Waals surface area contributed by atoms with Gasteiger partial charge >= 0.3 is 0 Å². The van der Waals surface area contributed by atoms with Crippen molar-refractivity contribution in [3.05, 3.63) is 99.6 Å². The van der Waals surface area contributed by atoms with Crippen LogP contribution in [0.3, 0.4) is 0 Å². The van der Waals surface area contributed by atoms with Crippen LogP contribution in [0.2, 0.25) is 0 Å². The van der Waals surface area contributed by atoms with E-state index in [0.29, 0.717) is 28.0 Å². The van der Waals surface area contributed by atoms with E-state index in [-0.39, 0.29) is 17.8 Å². The van der Waals surface area contributed by atoms with Crippen molar-refractivity contribution in [3.8, 4) is 22.9 Å². The lowest BCUT2D eigenvalue weighted by atomic mass is 9.96. The quantitative estimate of drug-likeness (QED) is 0.168. The number of nitrogens with zero attached hydrogens (tertiary/aromatic N) is 4. The fourth-order valence-corrected chi connectivity index (χ4v) is 5.68. The smallest absolute Gasteiger partial charge is 0.273 e. The highest BCUT2D eigenvalue weighted by Gasteiger charge is 2.43. The Hall–Kier alpha value is -4.64. The third-order valence-electron chi connectivity index (χ3n) is 7.15. The fourth-order valence-electron chi connectivity index (χ4n) is 5.34. The molecule has 40 heavy (non-hydrogen) atoms. The topological polar surface area (TPSA) is 104 Å². The van der Waals surface area contributed by atoms with Crippen LogP contribution in [0.15, 0.2) is 66.9 Å². The third kappa shape index (κ3) is 4.58. The molecule has 1 aliphatic rings. The Morgan fingerprint density at radius 2 is 1.68 bits per heavy atom. The second kappa shape index (κ2) is 10.9. The van der Waals surface area contributed by atoms with Gasteiger partial charge in [0.1, 0.15) is 17.2 Å². The van der Waals surface area contributed by atoms with Crippen molar-refractivity contribution in [2.45, 2.75) is 25.9 Å². The number of pyridine rings is 1. The average molecular weight is 560 g/mol. The molecule has 0 aliphatic carbocycles. The summed E-state index contributed by atoms with van der Waals surface area (Å²) in [5, 5.41) is 15.4. The Kier molecular flexibility index (Phi) is 7.31. The van der Waals surface area contributed by atoms with Gasteiger partial charge in [-0.1, -0.05) is 6.07 Å². The maximum Gasteiger partial charge on any atom is 0.273 e. The predicted molar refractivity (Wildman–Crippen MR) is 156 cm³/mol. The molecule has 2 atom stereocenters. The molecule has 1 aliphatic heterocycles. The Balaban J connectivity index is 1.70. The minimum atomic E-state index is -0.435. The van der Waals surface area contributed by atoms with Gasteiger partial charge in [-0.3, -0.25) is 15.1 Å². The van der Waals surface area contributed by atoms with Gasteiger partial charge in [0.15, 0.2) is 5.11 Å². The summed E-state index contributed by atoms with van der Waals surface area (Å²) >= 11 is 5.91. The number of nitro groups is 1. The number of aromatic nitrogens is 2. The summed E-state index contributed by atoms with van der Waals surface area (Å²) in [6.07, 6.45) is 1.76. The standard InChI is InChI=1S/C29H29N5O5S/c1-17-14-21(18(2)32(17)23-11-9-19(34(35)36)15-25(23)38-4)28-27(22-8-6-7-13-30-22)31-29(40)33(28)24-12-10-20(37-3)16-26(24)39-5/h6-16,27-28H,1-5H3,(H,31,40)/t27-,28-/m1/s1. The van der Waals surface area contributed by atoms with E-state index in [1.165, 1.54) is 19.2 Å². The number of benzene rings is 2. The molecule has 1 saturated heterocycles. The van der Waals surface area contributed by atoms with E-state index < -0.39 is 4.92 Å². The molecule has 10 nitrogen and oxygen atoms in total. The molecule has 0 unspecified atom stereocenters. The number of aryl methyl sites for hydroxylation is 1. The highest BCUT2D eigenvalue weighted by atomic mass is 32.1. The molecule has 2 aromatic carbocycles. The van der Waals surface area contributed by atoms with Gasteiger partial charge in [0.2, 0.25) is 0 Å². The van der Waals surface area contributed by atoms with E-state index in [1.54, 1.807) is 26.5 Å². The van der Waals surface area contributed by atoms with Gasteiger partial charge in [0.25, 0.3) is 5.69 Å². The number of hydrogen-bond acceptors (Lipinski definition) is 7. The minimum Gasteiger partial charge on any atom is -0.497 e. The van der Waals surface area contributed by atoms with Crippen molar-refractivity contribution < 1.29 is 19.1 Å². The van der Waals surface area contributed by atoms with Crippen LogP contribution in [-0.2, 0) is 0 Å². The van der Waals surface area contributed by atoms with Crippen LogP contribution in [0.5, 0.6) is 17.2 Å². The second-order valence-corrected chi connectivity index (χ2v) is 9.70. The van der Waals surface area contributed by atoms with Crippen LogP contribution < -0.4 is 24.4 Å². The van der Waals surface area contributed by atoms with E-state index in [1.807, 2.05) is 59.7 Å². The molecule has 1 N–H and O–H groups in total. The first kappa shape index (κ1) is 26.9. The first-order chi connectivity index (χ1) is 19.3. The zero-order valence-electron chi connectivity index (χ0n) is 22.7. The van der Waals surface area contributed by atoms with Crippen molar-refractivity contribution in [2.75, 3.05) is 26.2 Å². The van der Waals surface area contributed by atoms with E-state index in [4.69, 9.17) is 26.4 Å². The molecule has 11 heteroatoms. The molecular formula is C29H29N5O5S. The molecule has 4 aromatic rings. The Morgan fingerprint density at radius 1 is 0.950 bits per heavy atom. The van der Waals surface area contributed by atoms with Crippen LogP contribution in [0.25, 0.3) is 5.69 Å². The maximum atomic E-state index is 11.4. The first-order valence-corrected chi connectivity index (χ1v) is 12.9. The average Bonchev–Trinajstić information content (AvgIpc) is 3.46. The minimum absolute atomic E-state index is 0.0402. The van der Waals surface area contributed by atoms with Gasteiger partial charge < -0.3 is 29.0 Å². The highest BCUT2D eigenvalue weighted by Crippen LogP contribution is 2.47. The maximum absolute atomic E-state index is 11.4. The van der Waals surface area contributed by atoms with E-state index in [2.05, 4.69) is 16.4 Å². The number of nitrogens with one attached hydrogen (secondary N) is 1. The van der Waals surface area contributed by atoms with Gasteiger partial charge in [-0.15, -0.1) is 0 Å². The summed E-state index contributed by atoms with van der Waals surface area (Å²) in [7, 11) is 4.73. The van der Waals surface area contributed by atoms with Gasteiger partial charge in [-0.2, -0.15) is 0 Å². The summed E-state index contributed by atoms with van der Waals surface area (Å²) in [5.74, 6) is 1.68. The number of nitro benzene ring substituents is 1. The second-order valence-electron chi connectivity index (χ2n) is 9.31. The van der Waals surface area contributed by atoms with Crippen molar-refractivity contribution >= 4 is 28.7 Å². The summed E-state index contributed by atoms with van der Waals surface area (Å²) in [6, 6.07) is 17.6. The molecule has 206 valence electrons. The molecule has 5 rings (SSSR count). The number of ether oxygens (including phenoxy) is 3. The largest absolute Gasteiger partial charge is 0.497 e. The number of rotatable bonds is 8. The monoisotopic (exact) mass is 559 g/mol. The molecule has 0 bridgehead atoms. The van der Waals surface area contributed by atoms with Crippen molar-refractivity contribution in [2.24, 2.45) is 0 Å². The van der Waals surface area contributed by atoms with Crippen LogP contribution in [0.4, 0.5) is 11.4 Å². The summed E-state index contributed by atoms with van der Waals surface area (Å²) < 4.78 is 18.8. The Bertz CT molecular complexity index is 1590.